The summed E-state index contributed by atoms with van der Waals surface area (Å²) in [4.78, 5) is 14.6. The highest BCUT2D eigenvalue weighted by Crippen LogP contribution is 2.32. The molecule has 1 amide bonds. The van der Waals surface area contributed by atoms with Crippen LogP contribution in [0.2, 0.25) is 0 Å². The Kier molecular flexibility index (Phi) is 4.28. The highest BCUT2D eigenvalue weighted by molar-refractivity contribution is 5.86. The topological polar surface area (TPSA) is 55.6 Å². The van der Waals surface area contributed by atoms with Gasteiger partial charge in [-0.2, -0.15) is 0 Å². The fourth-order valence-corrected chi connectivity index (χ4v) is 3.42. The fraction of sp³-hybridized carbons (Fsp3) is 0.929. The fourth-order valence-electron chi connectivity index (χ4n) is 3.42. The monoisotopic (exact) mass is 254 g/mol. The maximum atomic E-state index is 12.6. The molecule has 0 spiro atoms. The summed E-state index contributed by atoms with van der Waals surface area (Å²) >= 11 is 0. The molecule has 18 heavy (non-hydrogen) atoms. The van der Waals surface area contributed by atoms with Crippen LogP contribution in [0.15, 0.2) is 0 Å². The molecule has 0 radical (unpaired) electrons. The van der Waals surface area contributed by atoms with Crippen LogP contribution in [0.3, 0.4) is 0 Å². The van der Waals surface area contributed by atoms with Gasteiger partial charge in [0, 0.05) is 20.2 Å². The molecule has 0 aromatic carbocycles. The van der Waals surface area contributed by atoms with E-state index in [0.29, 0.717) is 12.5 Å². The van der Waals surface area contributed by atoms with Gasteiger partial charge in [0.15, 0.2) is 0 Å². The standard InChI is InChI=1S/C14H26N2O2/c1-11-5-3-7-14(15,9-11)13(17)16-8-4-6-12(10-16)18-2/h11-12H,3-10,15H2,1-2H3. The molecule has 4 nitrogen and oxygen atoms in total. The van der Waals surface area contributed by atoms with E-state index < -0.39 is 5.54 Å². The zero-order valence-corrected chi connectivity index (χ0v) is 11.7. The Hall–Kier alpha value is -0.610. The molecule has 4 heteroatoms. The number of hydrogen-bond donors (Lipinski definition) is 1. The summed E-state index contributed by atoms with van der Waals surface area (Å²) in [6.07, 6.45) is 6.21. The maximum Gasteiger partial charge on any atom is 0.242 e. The second kappa shape index (κ2) is 5.57. The molecule has 1 saturated carbocycles. The van der Waals surface area contributed by atoms with Crippen LogP contribution in [0.4, 0.5) is 0 Å². The average molecular weight is 254 g/mol. The van der Waals surface area contributed by atoms with Crippen LogP contribution >= 0.6 is 0 Å². The van der Waals surface area contributed by atoms with E-state index in [1.54, 1.807) is 7.11 Å². The van der Waals surface area contributed by atoms with Crippen LogP contribution in [0.25, 0.3) is 0 Å². The van der Waals surface area contributed by atoms with Crippen LogP contribution < -0.4 is 5.73 Å². The predicted molar refractivity (Wildman–Crippen MR) is 71.2 cm³/mol. The van der Waals surface area contributed by atoms with Gasteiger partial charge in [0.2, 0.25) is 5.91 Å². The number of nitrogens with zero attached hydrogens (tertiary/aromatic N) is 1. The number of piperidine rings is 1. The third-order valence-electron chi connectivity index (χ3n) is 4.46. The van der Waals surface area contributed by atoms with Gasteiger partial charge in [-0.15, -0.1) is 0 Å². The summed E-state index contributed by atoms with van der Waals surface area (Å²) in [5.74, 6) is 0.714. The summed E-state index contributed by atoms with van der Waals surface area (Å²) in [5.41, 5.74) is 5.76. The third-order valence-corrected chi connectivity index (χ3v) is 4.46. The van der Waals surface area contributed by atoms with Crippen LogP contribution in [-0.4, -0.2) is 42.6 Å². The zero-order valence-electron chi connectivity index (χ0n) is 11.7. The molecule has 3 unspecified atom stereocenters. The number of rotatable bonds is 2. The first-order valence-corrected chi connectivity index (χ1v) is 7.16. The number of carbonyl (C=O) groups excluding carboxylic acids is 1. The highest BCUT2D eigenvalue weighted by Gasteiger charge is 2.41. The van der Waals surface area contributed by atoms with Crippen LogP contribution in [0.1, 0.15) is 45.4 Å². The Morgan fingerprint density at radius 3 is 2.83 bits per heavy atom. The molecule has 1 heterocycles. The van der Waals surface area contributed by atoms with E-state index in [4.69, 9.17) is 10.5 Å². The number of likely N-dealkylation sites (tertiary alicyclic amines) is 1. The van der Waals surface area contributed by atoms with Gasteiger partial charge in [-0.3, -0.25) is 4.79 Å². The molecule has 2 fully saturated rings. The molecule has 0 bridgehead atoms. The lowest BCUT2D eigenvalue weighted by molar-refractivity contribution is -0.142. The van der Waals surface area contributed by atoms with Gasteiger partial charge >= 0.3 is 0 Å². The van der Waals surface area contributed by atoms with E-state index in [0.717, 1.165) is 38.6 Å². The molecule has 2 aliphatic rings. The van der Waals surface area contributed by atoms with E-state index in [1.165, 1.54) is 6.42 Å². The van der Waals surface area contributed by atoms with Crippen molar-refractivity contribution < 1.29 is 9.53 Å². The Morgan fingerprint density at radius 1 is 1.39 bits per heavy atom. The van der Waals surface area contributed by atoms with Crippen LogP contribution in [-0.2, 0) is 9.53 Å². The lowest BCUT2D eigenvalue weighted by atomic mass is 9.76. The molecule has 1 aliphatic heterocycles. The second-order valence-electron chi connectivity index (χ2n) is 6.11. The molecule has 2 N–H and O–H groups in total. The zero-order chi connectivity index (χ0) is 13.2. The lowest BCUT2D eigenvalue weighted by Gasteiger charge is -2.41. The molecule has 1 saturated heterocycles. The van der Waals surface area contributed by atoms with Gasteiger partial charge in [0.05, 0.1) is 11.6 Å². The van der Waals surface area contributed by atoms with Crippen molar-refractivity contribution in [3.8, 4) is 0 Å². The minimum absolute atomic E-state index is 0.149. The first kappa shape index (κ1) is 13.8. The van der Waals surface area contributed by atoms with Gasteiger partial charge in [-0.1, -0.05) is 19.8 Å². The Balaban J connectivity index is 2.01. The molecule has 2 rings (SSSR count). The number of carbonyl (C=O) groups is 1. The smallest absolute Gasteiger partial charge is 0.242 e. The third kappa shape index (κ3) is 2.86. The number of ether oxygens (including phenoxy) is 1. The molecule has 1 aliphatic carbocycles. The number of methoxy groups -OCH3 is 1. The van der Waals surface area contributed by atoms with Gasteiger partial charge in [-0.05, 0) is 31.6 Å². The van der Waals surface area contributed by atoms with Gasteiger partial charge in [0.25, 0.3) is 0 Å². The van der Waals surface area contributed by atoms with E-state index >= 15 is 0 Å². The van der Waals surface area contributed by atoms with Crippen molar-refractivity contribution in [1.29, 1.82) is 0 Å². The molecule has 104 valence electrons. The SMILES string of the molecule is COC1CCCN(C(=O)C2(N)CCCC(C)C2)C1. The largest absolute Gasteiger partial charge is 0.380 e. The second-order valence-corrected chi connectivity index (χ2v) is 6.11. The first-order valence-electron chi connectivity index (χ1n) is 7.16. The van der Waals surface area contributed by atoms with E-state index in [9.17, 15) is 4.79 Å². The molecule has 3 atom stereocenters. The van der Waals surface area contributed by atoms with E-state index in [-0.39, 0.29) is 12.0 Å². The highest BCUT2D eigenvalue weighted by atomic mass is 16.5. The minimum Gasteiger partial charge on any atom is -0.380 e. The molecule has 0 aromatic heterocycles. The van der Waals surface area contributed by atoms with E-state index in [1.807, 2.05) is 4.90 Å². The maximum absolute atomic E-state index is 12.6. The quantitative estimate of drug-likeness (QED) is 0.813. The summed E-state index contributed by atoms with van der Waals surface area (Å²) in [6, 6.07) is 0. The normalized spacial score (nSPS) is 37.6. The van der Waals surface area contributed by atoms with Crippen molar-refractivity contribution in [2.75, 3.05) is 20.2 Å². The Morgan fingerprint density at radius 2 is 2.17 bits per heavy atom. The molecular formula is C14H26N2O2. The van der Waals surface area contributed by atoms with E-state index in [2.05, 4.69) is 6.92 Å². The Labute approximate surface area is 110 Å². The summed E-state index contributed by atoms with van der Waals surface area (Å²) in [6.45, 7) is 3.75. The van der Waals surface area contributed by atoms with Crippen molar-refractivity contribution in [2.45, 2.75) is 57.1 Å². The van der Waals surface area contributed by atoms with Crippen molar-refractivity contribution in [2.24, 2.45) is 11.7 Å². The van der Waals surface area contributed by atoms with Crippen molar-refractivity contribution in [1.82, 2.24) is 4.90 Å². The van der Waals surface area contributed by atoms with Gasteiger partial charge in [0.1, 0.15) is 0 Å². The van der Waals surface area contributed by atoms with Crippen LogP contribution in [0.5, 0.6) is 0 Å². The number of nitrogens with two attached hydrogens (primary N) is 1. The molecule has 0 aromatic rings. The average Bonchev–Trinajstić information content (AvgIpc) is 2.37. The first-order chi connectivity index (χ1) is 8.55. The van der Waals surface area contributed by atoms with Crippen LogP contribution in [0, 0.1) is 5.92 Å². The lowest BCUT2D eigenvalue weighted by Crippen LogP contribution is -2.59. The van der Waals surface area contributed by atoms with Crippen molar-refractivity contribution in [3.63, 3.8) is 0 Å². The number of amides is 1. The summed E-state index contributed by atoms with van der Waals surface area (Å²) < 4.78 is 5.38. The van der Waals surface area contributed by atoms with Gasteiger partial charge in [-0.25, -0.2) is 0 Å². The number of hydrogen-bond acceptors (Lipinski definition) is 3. The summed E-state index contributed by atoms with van der Waals surface area (Å²) in [7, 11) is 1.72. The molecular weight excluding hydrogens is 228 g/mol. The predicted octanol–water partition coefficient (Wildman–Crippen LogP) is 1.53. The van der Waals surface area contributed by atoms with Crippen molar-refractivity contribution in [3.05, 3.63) is 0 Å². The van der Waals surface area contributed by atoms with Gasteiger partial charge < -0.3 is 15.4 Å². The summed E-state index contributed by atoms with van der Waals surface area (Å²) in [5, 5.41) is 0. The Bertz CT molecular complexity index is 308. The van der Waals surface area contributed by atoms with Crippen molar-refractivity contribution >= 4 is 5.91 Å². The minimum atomic E-state index is -0.618.